The summed E-state index contributed by atoms with van der Waals surface area (Å²) in [6, 6.07) is 14.0. The van der Waals surface area contributed by atoms with Gasteiger partial charge >= 0.3 is 5.97 Å². The quantitative estimate of drug-likeness (QED) is 0.680. The zero-order chi connectivity index (χ0) is 22.5. The fourth-order valence-corrected chi connectivity index (χ4v) is 3.39. The third-order valence-electron chi connectivity index (χ3n) is 4.79. The molecule has 8 heteroatoms. The van der Waals surface area contributed by atoms with Gasteiger partial charge in [0, 0.05) is 5.56 Å². The van der Waals surface area contributed by atoms with Gasteiger partial charge in [-0.1, -0.05) is 30.3 Å². The Balaban J connectivity index is 2.34. The lowest BCUT2D eigenvalue weighted by Crippen LogP contribution is -2.26. The number of benzene rings is 2. The Hall–Kier alpha value is -4.12. The van der Waals surface area contributed by atoms with Crippen molar-refractivity contribution in [1.82, 2.24) is 0 Å². The molecule has 160 valence electrons. The molecule has 1 aliphatic heterocycles. The van der Waals surface area contributed by atoms with E-state index in [-0.39, 0.29) is 46.6 Å². The van der Waals surface area contributed by atoms with E-state index in [1.165, 1.54) is 26.4 Å². The van der Waals surface area contributed by atoms with Crippen molar-refractivity contribution >= 4 is 11.7 Å². The van der Waals surface area contributed by atoms with Gasteiger partial charge in [-0.2, -0.15) is 5.26 Å². The van der Waals surface area contributed by atoms with Crippen molar-refractivity contribution in [1.29, 1.82) is 5.26 Å². The summed E-state index contributed by atoms with van der Waals surface area (Å²) in [7, 11) is 2.77. The summed E-state index contributed by atoms with van der Waals surface area (Å²) in [5.74, 6) is -1.52. The molecule has 1 heterocycles. The van der Waals surface area contributed by atoms with Crippen LogP contribution in [0.2, 0.25) is 0 Å². The van der Waals surface area contributed by atoms with Crippen LogP contribution in [0.25, 0.3) is 5.76 Å². The minimum atomic E-state index is -0.934. The first kappa shape index (κ1) is 21.6. The van der Waals surface area contributed by atoms with E-state index in [1.807, 2.05) is 12.1 Å². The number of allylic oxidation sites excluding steroid dienone is 1. The van der Waals surface area contributed by atoms with Crippen LogP contribution in [-0.2, 0) is 14.3 Å². The summed E-state index contributed by atoms with van der Waals surface area (Å²) in [6.07, 6.45) is 0. The highest BCUT2D eigenvalue weighted by molar-refractivity contribution is 6.00. The van der Waals surface area contributed by atoms with Gasteiger partial charge in [-0.15, -0.1) is 0 Å². The van der Waals surface area contributed by atoms with Crippen LogP contribution in [0.5, 0.6) is 17.2 Å². The molecule has 0 saturated carbocycles. The van der Waals surface area contributed by atoms with E-state index in [4.69, 9.17) is 24.7 Å². The number of esters is 1. The SMILES string of the molecule is CCOC(=O)C1=C(c2ccccc2)OC(N)=C(C#N)C1c1cc(OC)c(O)c(OC)c1. The predicted octanol–water partition coefficient (Wildman–Crippen LogP) is 3.19. The fraction of sp³-hybridized carbons (Fsp3) is 0.217. The first-order valence-electron chi connectivity index (χ1n) is 9.45. The van der Waals surface area contributed by atoms with Crippen molar-refractivity contribution in [2.45, 2.75) is 12.8 Å². The monoisotopic (exact) mass is 422 g/mol. The van der Waals surface area contributed by atoms with Crippen LogP contribution in [0.3, 0.4) is 0 Å². The highest BCUT2D eigenvalue weighted by Gasteiger charge is 2.39. The Morgan fingerprint density at radius 3 is 2.32 bits per heavy atom. The standard InChI is InChI=1S/C23H22N2O6/c1-4-30-23(27)19-18(14-10-16(28-2)20(26)17(11-14)29-3)15(12-24)22(25)31-21(19)13-8-6-5-7-9-13/h5-11,18,26H,4,25H2,1-3H3. The predicted molar refractivity (Wildman–Crippen MR) is 112 cm³/mol. The number of ether oxygens (including phenoxy) is 4. The van der Waals surface area contributed by atoms with Crippen molar-refractivity contribution in [3.05, 3.63) is 70.6 Å². The second kappa shape index (κ2) is 9.13. The molecule has 2 aromatic rings. The van der Waals surface area contributed by atoms with Crippen LogP contribution in [0, 0.1) is 11.3 Å². The van der Waals surface area contributed by atoms with E-state index >= 15 is 0 Å². The van der Waals surface area contributed by atoms with Gasteiger partial charge < -0.3 is 29.8 Å². The average molecular weight is 422 g/mol. The summed E-state index contributed by atoms with van der Waals surface area (Å²) < 4.78 is 21.5. The number of carbonyl (C=O) groups excluding carboxylic acids is 1. The van der Waals surface area contributed by atoms with Crippen molar-refractivity contribution in [2.75, 3.05) is 20.8 Å². The van der Waals surface area contributed by atoms with Gasteiger partial charge in [0.2, 0.25) is 11.6 Å². The molecule has 0 amide bonds. The molecule has 3 rings (SSSR count). The third-order valence-corrected chi connectivity index (χ3v) is 4.79. The molecular weight excluding hydrogens is 400 g/mol. The van der Waals surface area contributed by atoms with Crippen LogP contribution in [0.1, 0.15) is 24.0 Å². The first-order chi connectivity index (χ1) is 15.0. The van der Waals surface area contributed by atoms with Crippen LogP contribution in [0.15, 0.2) is 59.5 Å². The van der Waals surface area contributed by atoms with E-state index in [0.717, 1.165) is 0 Å². The van der Waals surface area contributed by atoms with Crippen molar-refractivity contribution < 1.29 is 28.8 Å². The molecule has 31 heavy (non-hydrogen) atoms. The second-order valence-electron chi connectivity index (χ2n) is 6.53. The lowest BCUT2D eigenvalue weighted by atomic mass is 9.81. The molecule has 0 aliphatic carbocycles. The van der Waals surface area contributed by atoms with Crippen LogP contribution < -0.4 is 15.2 Å². The maximum Gasteiger partial charge on any atom is 0.338 e. The van der Waals surface area contributed by atoms with Gasteiger partial charge in [0.25, 0.3) is 0 Å². The number of rotatable bonds is 6. The Morgan fingerprint density at radius 2 is 1.81 bits per heavy atom. The molecule has 1 aliphatic rings. The molecule has 0 radical (unpaired) electrons. The van der Waals surface area contributed by atoms with Crippen LogP contribution in [0.4, 0.5) is 0 Å². The maximum absolute atomic E-state index is 13.1. The number of nitrogens with two attached hydrogens (primary N) is 1. The lowest BCUT2D eigenvalue weighted by Gasteiger charge is -2.28. The average Bonchev–Trinajstić information content (AvgIpc) is 2.79. The highest BCUT2D eigenvalue weighted by Crippen LogP contribution is 2.47. The van der Waals surface area contributed by atoms with Crippen LogP contribution >= 0.6 is 0 Å². The minimum Gasteiger partial charge on any atom is -0.502 e. The number of hydrogen-bond donors (Lipinski definition) is 2. The van der Waals surface area contributed by atoms with Gasteiger partial charge in [0.05, 0.1) is 32.3 Å². The van der Waals surface area contributed by atoms with Crippen LogP contribution in [-0.4, -0.2) is 31.9 Å². The van der Waals surface area contributed by atoms with E-state index in [1.54, 1.807) is 31.2 Å². The Morgan fingerprint density at radius 1 is 1.19 bits per heavy atom. The molecule has 1 unspecified atom stereocenters. The van der Waals surface area contributed by atoms with Gasteiger partial charge in [0.15, 0.2) is 11.5 Å². The zero-order valence-electron chi connectivity index (χ0n) is 17.3. The molecule has 0 fully saturated rings. The molecular formula is C23H22N2O6. The molecule has 0 saturated heterocycles. The van der Waals surface area contributed by atoms with E-state index in [0.29, 0.717) is 11.1 Å². The number of hydrogen-bond acceptors (Lipinski definition) is 8. The maximum atomic E-state index is 13.1. The molecule has 2 aromatic carbocycles. The van der Waals surface area contributed by atoms with Crippen molar-refractivity contribution in [3.8, 4) is 23.3 Å². The number of nitrogens with zero attached hydrogens (tertiary/aromatic N) is 1. The molecule has 1 atom stereocenters. The molecule has 0 aromatic heterocycles. The summed E-state index contributed by atoms with van der Waals surface area (Å²) in [6.45, 7) is 1.81. The van der Waals surface area contributed by atoms with Gasteiger partial charge in [-0.25, -0.2) is 4.79 Å². The van der Waals surface area contributed by atoms with E-state index in [2.05, 4.69) is 0 Å². The number of phenolic OH excluding ortho intramolecular Hbond substituents is 1. The van der Waals surface area contributed by atoms with Gasteiger partial charge in [-0.05, 0) is 24.6 Å². The molecule has 0 bridgehead atoms. The van der Waals surface area contributed by atoms with Gasteiger partial charge in [-0.3, -0.25) is 0 Å². The molecule has 3 N–H and O–H groups in total. The largest absolute Gasteiger partial charge is 0.502 e. The number of nitriles is 1. The Bertz CT molecular complexity index is 1070. The normalized spacial score (nSPS) is 15.7. The highest BCUT2D eigenvalue weighted by atomic mass is 16.5. The number of methoxy groups -OCH3 is 2. The van der Waals surface area contributed by atoms with Crippen molar-refractivity contribution in [3.63, 3.8) is 0 Å². The summed E-state index contributed by atoms with van der Waals surface area (Å²) >= 11 is 0. The summed E-state index contributed by atoms with van der Waals surface area (Å²) in [5, 5.41) is 20.1. The molecule has 8 nitrogen and oxygen atoms in total. The minimum absolute atomic E-state index is 0.0255. The van der Waals surface area contributed by atoms with Crippen molar-refractivity contribution in [2.24, 2.45) is 5.73 Å². The topological polar surface area (TPSA) is 124 Å². The second-order valence-corrected chi connectivity index (χ2v) is 6.53. The van der Waals surface area contributed by atoms with E-state index < -0.39 is 11.9 Å². The number of phenols is 1. The smallest absolute Gasteiger partial charge is 0.338 e. The molecule has 0 spiro atoms. The summed E-state index contributed by atoms with van der Waals surface area (Å²) in [5.41, 5.74) is 7.25. The first-order valence-corrected chi connectivity index (χ1v) is 9.45. The lowest BCUT2D eigenvalue weighted by molar-refractivity contribution is -0.138. The fourth-order valence-electron chi connectivity index (χ4n) is 3.39. The Kier molecular flexibility index (Phi) is 6.36. The zero-order valence-corrected chi connectivity index (χ0v) is 17.3. The Labute approximate surface area is 179 Å². The number of aromatic hydroxyl groups is 1. The third kappa shape index (κ3) is 3.98. The van der Waals surface area contributed by atoms with Gasteiger partial charge in [0.1, 0.15) is 17.4 Å². The number of carbonyl (C=O) groups is 1. The summed E-state index contributed by atoms with van der Waals surface area (Å²) in [4.78, 5) is 13.1. The van der Waals surface area contributed by atoms with E-state index in [9.17, 15) is 15.2 Å².